The molecule has 0 heterocycles. The summed E-state index contributed by atoms with van der Waals surface area (Å²) in [6, 6.07) is 0. The minimum atomic E-state index is -0.725. The van der Waals surface area contributed by atoms with Crippen molar-refractivity contribution in [2.45, 2.75) is 19.6 Å². The third kappa shape index (κ3) is 5.66. The van der Waals surface area contributed by atoms with Gasteiger partial charge in [-0.05, 0) is 6.92 Å². The second-order valence-corrected chi connectivity index (χ2v) is 1.73. The standard InChI is InChI=1S/C5H11NO/c1-4(2)3-5(6)7/h5,7H,1,3,6H2,2H3. The molecule has 0 saturated heterocycles. The molecule has 1 unspecified atom stereocenters. The molecule has 2 heteroatoms. The molecular formula is C5H11NO. The fourth-order valence-corrected chi connectivity index (χ4v) is 0.357. The van der Waals surface area contributed by atoms with Crippen LogP contribution in [0.4, 0.5) is 0 Å². The van der Waals surface area contributed by atoms with Gasteiger partial charge in [0.05, 0.1) is 0 Å². The molecule has 0 aromatic heterocycles. The van der Waals surface area contributed by atoms with Crippen molar-refractivity contribution in [2.24, 2.45) is 5.73 Å². The summed E-state index contributed by atoms with van der Waals surface area (Å²) < 4.78 is 0. The van der Waals surface area contributed by atoms with Crippen LogP contribution in [0.5, 0.6) is 0 Å². The molecule has 0 spiro atoms. The van der Waals surface area contributed by atoms with Crippen LogP contribution >= 0.6 is 0 Å². The molecule has 0 rings (SSSR count). The van der Waals surface area contributed by atoms with Gasteiger partial charge in [0.15, 0.2) is 0 Å². The molecule has 0 amide bonds. The van der Waals surface area contributed by atoms with Crippen LogP contribution in [0.2, 0.25) is 0 Å². The summed E-state index contributed by atoms with van der Waals surface area (Å²) in [5, 5.41) is 8.44. The second-order valence-electron chi connectivity index (χ2n) is 1.73. The zero-order valence-electron chi connectivity index (χ0n) is 4.52. The van der Waals surface area contributed by atoms with E-state index in [0.717, 1.165) is 5.57 Å². The van der Waals surface area contributed by atoms with Crippen LogP contribution in [0.15, 0.2) is 12.2 Å². The summed E-state index contributed by atoms with van der Waals surface area (Å²) in [6.45, 7) is 5.38. The average Bonchev–Trinajstić information content (AvgIpc) is 1.27. The van der Waals surface area contributed by atoms with Crippen LogP contribution in [0.3, 0.4) is 0 Å². The van der Waals surface area contributed by atoms with Gasteiger partial charge >= 0.3 is 0 Å². The number of rotatable bonds is 2. The molecule has 0 aliphatic carbocycles. The maximum absolute atomic E-state index is 8.44. The Hall–Kier alpha value is -0.340. The topological polar surface area (TPSA) is 46.2 Å². The highest BCUT2D eigenvalue weighted by Gasteiger charge is 1.91. The fraction of sp³-hybridized carbons (Fsp3) is 0.600. The first-order chi connectivity index (χ1) is 3.13. The number of hydrogen-bond donors (Lipinski definition) is 2. The first kappa shape index (κ1) is 6.66. The SMILES string of the molecule is C=C(C)CC(N)O. The van der Waals surface area contributed by atoms with Gasteiger partial charge in [-0.25, -0.2) is 0 Å². The van der Waals surface area contributed by atoms with Crippen LogP contribution < -0.4 is 5.73 Å². The Kier molecular flexibility index (Phi) is 2.64. The van der Waals surface area contributed by atoms with Crippen LogP contribution in [-0.2, 0) is 0 Å². The number of hydrogen-bond acceptors (Lipinski definition) is 2. The smallest absolute Gasteiger partial charge is 0.106 e. The molecule has 2 nitrogen and oxygen atoms in total. The highest BCUT2D eigenvalue weighted by atomic mass is 16.3. The normalized spacial score (nSPS) is 13.6. The monoisotopic (exact) mass is 101 g/mol. The molecule has 7 heavy (non-hydrogen) atoms. The summed E-state index contributed by atoms with van der Waals surface area (Å²) in [5.74, 6) is 0. The lowest BCUT2D eigenvalue weighted by Crippen LogP contribution is -2.18. The first-order valence-corrected chi connectivity index (χ1v) is 2.21. The third-order valence-electron chi connectivity index (χ3n) is 0.558. The van der Waals surface area contributed by atoms with E-state index in [1.807, 2.05) is 6.92 Å². The highest BCUT2D eigenvalue weighted by Crippen LogP contribution is 1.94. The Morgan fingerprint density at radius 3 is 2.43 bits per heavy atom. The Morgan fingerprint density at radius 2 is 2.43 bits per heavy atom. The minimum Gasteiger partial charge on any atom is -0.379 e. The van der Waals surface area contributed by atoms with Crippen LogP contribution in [0.25, 0.3) is 0 Å². The maximum atomic E-state index is 8.44. The van der Waals surface area contributed by atoms with Gasteiger partial charge < -0.3 is 10.8 Å². The fourth-order valence-electron chi connectivity index (χ4n) is 0.357. The molecule has 0 radical (unpaired) electrons. The molecule has 0 bridgehead atoms. The number of aliphatic hydroxyl groups excluding tert-OH is 1. The Balaban J connectivity index is 3.13. The van der Waals surface area contributed by atoms with Crippen molar-refractivity contribution in [3.63, 3.8) is 0 Å². The second kappa shape index (κ2) is 2.77. The van der Waals surface area contributed by atoms with Crippen molar-refractivity contribution in [1.82, 2.24) is 0 Å². The third-order valence-corrected chi connectivity index (χ3v) is 0.558. The molecule has 0 saturated carbocycles. The molecule has 0 aromatic rings. The molecule has 0 aliphatic rings. The minimum absolute atomic E-state index is 0.500. The van der Waals surface area contributed by atoms with E-state index in [9.17, 15) is 0 Å². The summed E-state index contributed by atoms with van der Waals surface area (Å²) in [6.07, 6.45) is -0.225. The molecular weight excluding hydrogens is 90.1 g/mol. The molecule has 3 N–H and O–H groups in total. The van der Waals surface area contributed by atoms with Crippen molar-refractivity contribution >= 4 is 0 Å². The molecule has 0 fully saturated rings. The lowest BCUT2D eigenvalue weighted by Gasteiger charge is -1.99. The van der Waals surface area contributed by atoms with Crippen molar-refractivity contribution in [1.29, 1.82) is 0 Å². The van der Waals surface area contributed by atoms with E-state index in [0.29, 0.717) is 6.42 Å². The Labute approximate surface area is 43.6 Å². The molecule has 1 atom stereocenters. The van der Waals surface area contributed by atoms with Gasteiger partial charge in [-0.3, -0.25) is 0 Å². The molecule has 42 valence electrons. The van der Waals surface area contributed by atoms with Crippen molar-refractivity contribution in [3.8, 4) is 0 Å². The van der Waals surface area contributed by atoms with Gasteiger partial charge in [0.2, 0.25) is 0 Å². The summed E-state index contributed by atoms with van der Waals surface area (Å²) in [7, 11) is 0. The van der Waals surface area contributed by atoms with Gasteiger partial charge in [0.25, 0.3) is 0 Å². The van der Waals surface area contributed by atoms with Gasteiger partial charge in [-0.1, -0.05) is 12.2 Å². The largest absolute Gasteiger partial charge is 0.379 e. The van der Waals surface area contributed by atoms with Gasteiger partial charge in [0.1, 0.15) is 6.23 Å². The quantitative estimate of drug-likeness (QED) is 0.386. The van der Waals surface area contributed by atoms with Gasteiger partial charge in [-0.2, -0.15) is 0 Å². The summed E-state index contributed by atoms with van der Waals surface area (Å²) in [5.41, 5.74) is 5.90. The Bertz CT molecular complexity index is 68.5. The predicted octanol–water partition coefficient (Wildman–Crippen LogP) is 0.230. The van der Waals surface area contributed by atoms with E-state index in [1.54, 1.807) is 0 Å². The summed E-state index contributed by atoms with van der Waals surface area (Å²) >= 11 is 0. The van der Waals surface area contributed by atoms with Crippen LogP contribution in [0, 0.1) is 0 Å². The van der Waals surface area contributed by atoms with E-state index < -0.39 is 6.23 Å². The summed E-state index contributed by atoms with van der Waals surface area (Å²) in [4.78, 5) is 0. The van der Waals surface area contributed by atoms with Crippen LogP contribution in [-0.4, -0.2) is 11.3 Å². The zero-order valence-corrected chi connectivity index (χ0v) is 4.52. The van der Waals surface area contributed by atoms with E-state index in [2.05, 4.69) is 6.58 Å². The van der Waals surface area contributed by atoms with E-state index in [1.165, 1.54) is 0 Å². The lowest BCUT2D eigenvalue weighted by atomic mass is 10.2. The molecule has 0 aromatic carbocycles. The van der Waals surface area contributed by atoms with E-state index >= 15 is 0 Å². The number of aliphatic hydroxyl groups is 1. The van der Waals surface area contributed by atoms with Crippen LogP contribution in [0.1, 0.15) is 13.3 Å². The predicted molar refractivity (Wildman–Crippen MR) is 29.6 cm³/mol. The van der Waals surface area contributed by atoms with Crippen molar-refractivity contribution in [3.05, 3.63) is 12.2 Å². The first-order valence-electron chi connectivity index (χ1n) is 2.21. The molecule has 0 aliphatic heterocycles. The highest BCUT2D eigenvalue weighted by molar-refractivity contribution is 4.88. The average molecular weight is 101 g/mol. The van der Waals surface area contributed by atoms with Crippen molar-refractivity contribution < 1.29 is 5.11 Å². The van der Waals surface area contributed by atoms with E-state index in [4.69, 9.17) is 10.8 Å². The number of nitrogens with two attached hydrogens (primary N) is 1. The lowest BCUT2D eigenvalue weighted by molar-refractivity contribution is 0.183. The Morgan fingerprint density at radius 1 is 2.00 bits per heavy atom. The maximum Gasteiger partial charge on any atom is 0.106 e. The van der Waals surface area contributed by atoms with E-state index in [-0.39, 0.29) is 0 Å². The van der Waals surface area contributed by atoms with Gasteiger partial charge in [-0.15, -0.1) is 0 Å². The van der Waals surface area contributed by atoms with Gasteiger partial charge in [0, 0.05) is 6.42 Å². The zero-order chi connectivity index (χ0) is 5.86. The van der Waals surface area contributed by atoms with Crippen molar-refractivity contribution in [2.75, 3.05) is 0 Å².